The molecule has 2 heterocycles. The van der Waals surface area contributed by atoms with Gasteiger partial charge in [0.15, 0.2) is 0 Å². The van der Waals surface area contributed by atoms with Gasteiger partial charge in [-0.3, -0.25) is 4.98 Å². The zero-order valence-corrected chi connectivity index (χ0v) is 13.8. The molecule has 132 valence electrons. The molecule has 25 heavy (non-hydrogen) atoms. The van der Waals surface area contributed by atoms with Gasteiger partial charge in [-0.2, -0.15) is 22.0 Å². The van der Waals surface area contributed by atoms with E-state index in [4.69, 9.17) is 0 Å². The van der Waals surface area contributed by atoms with Crippen molar-refractivity contribution in [2.75, 3.05) is 5.75 Å². The smallest absolute Gasteiger partial charge is 0.353 e. The van der Waals surface area contributed by atoms with Crippen LogP contribution in [0.4, 0.5) is 22.0 Å². The van der Waals surface area contributed by atoms with E-state index in [2.05, 4.69) is 9.97 Å². The summed E-state index contributed by atoms with van der Waals surface area (Å²) in [6, 6.07) is 8.07. The van der Waals surface area contributed by atoms with Gasteiger partial charge in [0.1, 0.15) is 0 Å². The van der Waals surface area contributed by atoms with Crippen molar-refractivity contribution in [2.45, 2.75) is 23.9 Å². The quantitative estimate of drug-likeness (QED) is 0.450. The molecule has 0 saturated heterocycles. The van der Waals surface area contributed by atoms with Crippen molar-refractivity contribution in [2.24, 2.45) is 0 Å². The van der Waals surface area contributed by atoms with Crippen molar-refractivity contribution >= 4 is 22.7 Å². The number of aromatic amines is 1. The highest BCUT2D eigenvalue weighted by molar-refractivity contribution is 7.99. The van der Waals surface area contributed by atoms with E-state index in [9.17, 15) is 22.0 Å². The highest BCUT2D eigenvalue weighted by atomic mass is 32.2. The summed E-state index contributed by atoms with van der Waals surface area (Å²) in [7, 11) is 0. The van der Waals surface area contributed by atoms with E-state index in [-0.39, 0.29) is 5.39 Å². The van der Waals surface area contributed by atoms with Gasteiger partial charge in [0, 0.05) is 27.6 Å². The van der Waals surface area contributed by atoms with Gasteiger partial charge in [-0.25, -0.2) is 0 Å². The lowest BCUT2D eigenvalue weighted by molar-refractivity contribution is -0.289. The summed E-state index contributed by atoms with van der Waals surface area (Å²) < 4.78 is 64.7. The summed E-state index contributed by atoms with van der Waals surface area (Å²) in [6.07, 6.45) is -4.03. The number of alkyl halides is 5. The van der Waals surface area contributed by atoms with E-state index in [0.717, 1.165) is 22.8 Å². The molecule has 0 unspecified atom stereocenters. The summed E-state index contributed by atoms with van der Waals surface area (Å²) in [4.78, 5) is 8.22. The molecule has 0 saturated carbocycles. The summed E-state index contributed by atoms with van der Waals surface area (Å²) in [6.45, 7) is 1.98. The molecule has 3 aromatic rings. The van der Waals surface area contributed by atoms with Crippen LogP contribution in [0.2, 0.25) is 0 Å². The summed E-state index contributed by atoms with van der Waals surface area (Å²) in [5.74, 6) is -4.08. The van der Waals surface area contributed by atoms with Crippen LogP contribution in [0.5, 0.6) is 0 Å². The monoisotopic (exact) mass is 372 g/mol. The van der Waals surface area contributed by atoms with Crippen molar-refractivity contribution in [3.63, 3.8) is 0 Å². The average molecular weight is 372 g/mol. The van der Waals surface area contributed by atoms with Gasteiger partial charge in [0.25, 0.3) is 0 Å². The van der Waals surface area contributed by atoms with E-state index in [0.29, 0.717) is 16.9 Å². The number of aromatic nitrogens is 2. The van der Waals surface area contributed by atoms with Crippen LogP contribution < -0.4 is 0 Å². The van der Waals surface area contributed by atoms with E-state index in [1.165, 1.54) is 12.1 Å². The maximum absolute atomic E-state index is 13.5. The number of benzene rings is 1. The number of hydrogen-bond acceptors (Lipinski definition) is 2. The molecular weight excluding hydrogens is 359 g/mol. The summed E-state index contributed by atoms with van der Waals surface area (Å²) >= 11 is 1.57. The molecule has 8 heteroatoms. The second kappa shape index (κ2) is 6.33. The topological polar surface area (TPSA) is 28.7 Å². The highest BCUT2D eigenvalue weighted by Crippen LogP contribution is 2.44. The fourth-order valence-corrected chi connectivity index (χ4v) is 3.27. The third-order valence-corrected chi connectivity index (χ3v) is 4.59. The lowest BCUT2D eigenvalue weighted by Gasteiger charge is -2.19. The molecule has 0 fully saturated rings. The molecule has 0 radical (unpaired) electrons. The van der Waals surface area contributed by atoms with Crippen molar-refractivity contribution in [1.29, 1.82) is 0 Å². The zero-order valence-electron chi connectivity index (χ0n) is 13.0. The Kier molecular flexibility index (Phi) is 4.49. The predicted octanol–water partition coefficient (Wildman–Crippen LogP) is 6.00. The third-order valence-electron chi connectivity index (χ3n) is 3.66. The first-order valence-corrected chi connectivity index (χ1v) is 8.38. The van der Waals surface area contributed by atoms with Crippen molar-refractivity contribution in [3.8, 4) is 11.4 Å². The molecule has 0 aliphatic heterocycles. The van der Waals surface area contributed by atoms with Crippen LogP contribution in [-0.4, -0.2) is 21.9 Å². The normalized spacial score (nSPS) is 12.7. The number of rotatable bonds is 4. The highest BCUT2D eigenvalue weighted by Gasteiger charge is 2.58. The molecule has 2 nitrogen and oxygen atoms in total. The molecular formula is C17H13F5N2S. The maximum Gasteiger partial charge on any atom is 0.458 e. The van der Waals surface area contributed by atoms with Crippen molar-refractivity contribution < 1.29 is 22.0 Å². The first-order valence-electron chi connectivity index (χ1n) is 7.40. The second-order valence-electron chi connectivity index (χ2n) is 5.34. The Labute approximate surface area is 144 Å². The third kappa shape index (κ3) is 3.22. The number of hydrogen-bond donors (Lipinski definition) is 1. The zero-order chi connectivity index (χ0) is 18.2. The molecule has 2 aromatic heterocycles. The minimum atomic E-state index is -5.63. The fraction of sp³-hybridized carbons (Fsp3) is 0.235. The first kappa shape index (κ1) is 17.7. The molecule has 1 aromatic carbocycles. The molecule has 1 N–H and O–H groups in total. The lowest BCUT2D eigenvalue weighted by Crippen LogP contribution is -2.33. The Bertz CT molecular complexity index is 901. The number of fused-ring (bicyclic) bond motifs is 1. The minimum Gasteiger partial charge on any atom is -0.353 e. The predicted molar refractivity (Wildman–Crippen MR) is 87.9 cm³/mol. The number of nitrogens with one attached hydrogen (secondary N) is 1. The molecule has 0 atom stereocenters. The Morgan fingerprint density at radius 1 is 1.08 bits per heavy atom. The molecule has 0 aliphatic rings. The standard InChI is InChI=1S/C17H13F5N2S/c1-2-25-14-4-3-7-23-15(14)13-9-10-8-11(5-6-12(10)24-13)16(18,19)17(20,21)22/h3-9,24H,2H2,1H3. The van der Waals surface area contributed by atoms with Gasteiger partial charge in [-0.05, 0) is 36.1 Å². The van der Waals surface area contributed by atoms with Crippen molar-refractivity contribution in [1.82, 2.24) is 9.97 Å². The lowest BCUT2D eigenvalue weighted by atomic mass is 10.1. The van der Waals surface area contributed by atoms with Crippen LogP contribution >= 0.6 is 11.8 Å². The van der Waals surface area contributed by atoms with Crippen LogP contribution in [0.1, 0.15) is 12.5 Å². The molecule has 0 spiro atoms. The van der Waals surface area contributed by atoms with Gasteiger partial charge in [0.05, 0.1) is 11.4 Å². The molecule has 3 rings (SSSR count). The molecule has 0 aliphatic carbocycles. The van der Waals surface area contributed by atoms with Gasteiger partial charge in [-0.15, -0.1) is 11.8 Å². The minimum absolute atomic E-state index is 0.273. The summed E-state index contributed by atoms with van der Waals surface area (Å²) in [5, 5.41) is 0.273. The van der Waals surface area contributed by atoms with Crippen LogP contribution in [0, 0.1) is 0 Å². The Morgan fingerprint density at radius 3 is 2.52 bits per heavy atom. The summed E-state index contributed by atoms with van der Waals surface area (Å²) in [5.41, 5.74) is 0.589. The largest absolute Gasteiger partial charge is 0.458 e. The van der Waals surface area contributed by atoms with Crippen LogP contribution in [-0.2, 0) is 5.92 Å². The van der Waals surface area contributed by atoms with E-state index < -0.39 is 17.7 Å². The van der Waals surface area contributed by atoms with Gasteiger partial charge >= 0.3 is 12.1 Å². The Morgan fingerprint density at radius 2 is 1.84 bits per heavy atom. The number of pyridine rings is 1. The van der Waals surface area contributed by atoms with E-state index in [1.807, 2.05) is 13.0 Å². The SMILES string of the molecule is CCSc1cccnc1-c1cc2cc(C(F)(F)C(F)(F)F)ccc2[nH]1. The van der Waals surface area contributed by atoms with Crippen LogP contribution in [0.3, 0.4) is 0 Å². The number of halogens is 5. The fourth-order valence-electron chi connectivity index (χ4n) is 2.48. The van der Waals surface area contributed by atoms with Gasteiger partial charge < -0.3 is 4.98 Å². The molecule has 0 bridgehead atoms. The number of nitrogens with zero attached hydrogens (tertiary/aromatic N) is 1. The van der Waals surface area contributed by atoms with Crippen LogP contribution in [0.25, 0.3) is 22.3 Å². The number of H-pyrrole nitrogens is 1. The first-order chi connectivity index (χ1) is 11.7. The van der Waals surface area contributed by atoms with E-state index in [1.54, 1.807) is 24.0 Å². The van der Waals surface area contributed by atoms with Crippen LogP contribution in [0.15, 0.2) is 47.5 Å². The molecule has 0 amide bonds. The van der Waals surface area contributed by atoms with Crippen molar-refractivity contribution in [3.05, 3.63) is 48.2 Å². The maximum atomic E-state index is 13.5. The van der Waals surface area contributed by atoms with Gasteiger partial charge in [0.2, 0.25) is 0 Å². The van der Waals surface area contributed by atoms with E-state index >= 15 is 0 Å². The average Bonchev–Trinajstić information content (AvgIpc) is 2.97. The van der Waals surface area contributed by atoms with Gasteiger partial charge in [-0.1, -0.05) is 13.0 Å². The Hall–Kier alpha value is -2.09. The Balaban J connectivity index is 2.08. The second-order valence-corrected chi connectivity index (χ2v) is 6.65. The number of thioether (sulfide) groups is 1.